The van der Waals surface area contributed by atoms with E-state index in [9.17, 15) is 9.59 Å². The van der Waals surface area contributed by atoms with E-state index in [2.05, 4.69) is 21.3 Å². The van der Waals surface area contributed by atoms with Crippen LogP contribution in [0.15, 0.2) is 36.4 Å². The molecule has 2 amide bonds. The number of thiocarbonyl (C=S) groups is 2. The topological polar surface area (TPSA) is 91.5 Å². The normalized spacial score (nSPS) is 10.1. The van der Waals surface area contributed by atoms with E-state index in [0.29, 0.717) is 28.6 Å². The number of hydrogen-bond acceptors (Lipinski definition) is 5. The van der Waals surface area contributed by atoms with Crippen molar-refractivity contribution in [1.82, 2.24) is 10.6 Å². The molecule has 0 heterocycles. The lowest BCUT2D eigenvalue weighted by Gasteiger charge is -2.13. The van der Waals surface area contributed by atoms with Gasteiger partial charge in [0.25, 0.3) is 5.91 Å². The zero-order valence-corrected chi connectivity index (χ0v) is 19.7. The number of amides is 2. The van der Waals surface area contributed by atoms with Gasteiger partial charge in [0.15, 0.2) is 16.8 Å². The zero-order chi connectivity index (χ0) is 23.0. The molecular weight excluding hydrogens is 456 g/mol. The minimum atomic E-state index is -0.391. The Kier molecular flexibility index (Phi) is 9.17. The third kappa shape index (κ3) is 8.12. The molecule has 2 aromatic carbocycles. The third-order valence-corrected chi connectivity index (χ3v) is 5.01. The van der Waals surface area contributed by atoms with Gasteiger partial charge in [0.2, 0.25) is 5.91 Å². The van der Waals surface area contributed by atoms with Crippen LogP contribution in [0.2, 0.25) is 5.02 Å². The number of carbonyl (C=O) groups is 2. The van der Waals surface area contributed by atoms with Crippen LogP contribution in [-0.4, -0.2) is 28.6 Å². The number of ether oxygens (including phenoxy) is 1. The molecular formula is C21H23ClN4O3S2. The van der Waals surface area contributed by atoms with Gasteiger partial charge >= 0.3 is 0 Å². The van der Waals surface area contributed by atoms with E-state index in [0.717, 1.165) is 11.1 Å². The molecule has 7 nitrogen and oxygen atoms in total. The summed E-state index contributed by atoms with van der Waals surface area (Å²) in [6.07, 6.45) is 0.345. The van der Waals surface area contributed by atoms with E-state index in [-0.39, 0.29) is 22.7 Å². The number of anilines is 2. The SMILES string of the molecule is CCC(=O)NC(=S)Nc1ccc(NC(=S)NC(=O)COc2cc(C)c(Cl)c(C)c2)cc1. The van der Waals surface area contributed by atoms with Crippen molar-refractivity contribution in [3.63, 3.8) is 0 Å². The summed E-state index contributed by atoms with van der Waals surface area (Å²) in [6, 6.07) is 10.6. The molecule has 4 N–H and O–H groups in total. The Morgan fingerprint density at radius 1 is 0.903 bits per heavy atom. The molecule has 0 saturated heterocycles. The van der Waals surface area contributed by atoms with E-state index in [4.69, 9.17) is 40.8 Å². The Balaban J connectivity index is 1.80. The summed E-state index contributed by atoms with van der Waals surface area (Å²) in [6.45, 7) is 5.30. The lowest BCUT2D eigenvalue weighted by atomic mass is 10.1. The summed E-state index contributed by atoms with van der Waals surface area (Å²) in [5, 5.41) is 12.0. The van der Waals surface area contributed by atoms with E-state index < -0.39 is 5.91 Å². The van der Waals surface area contributed by atoms with Gasteiger partial charge in [-0.2, -0.15) is 0 Å². The van der Waals surface area contributed by atoms with Crippen molar-refractivity contribution in [2.75, 3.05) is 17.2 Å². The monoisotopic (exact) mass is 478 g/mol. The molecule has 0 unspecified atom stereocenters. The molecule has 0 aliphatic rings. The van der Waals surface area contributed by atoms with Crippen LogP contribution in [0, 0.1) is 13.8 Å². The molecule has 0 radical (unpaired) electrons. The number of hydrogen-bond donors (Lipinski definition) is 4. The lowest BCUT2D eigenvalue weighted by Crippen LogP contribution is -2.37. The second-order valence-electron chi connectivity index (χ2n) is 6.60. The number of aryl methyl sites for hydroxylation is 2. The van der Waals surface area contributed by atoms with Crippen LogP contribution in [-0.2, 0) is 9.59 Å². The summed E-state index contributed by atoms with van der Waals surface area (Å²) in [5.74, 6) is 0.00445. The number of carbonyl (C=O) groups excluding carboxylic acids is 2. The largest absolute Gasteiger partial charge is 0.484 e. The van der Waals surface area contributed by atoms with Gasteiger partial charge in [-0.1, -0.05) is 18.5 Å². The highest BCUT2D eigenvalue weighted by Gasteiger charge is 2.09. The average molecular weight is 479 g/mol. The summed E-state index contributed by atoms with van der Waals surface area (Å²) in [4.78, 5) is 23.4. The highest BCUT2D eigenvalue weighted by molar-refractivity contribution is 7.80. The number of rotatable bonds is 6. The Bertz CT molecular complexity index is 974. The Labute approximate surface area is 196 Å². The molecule has 164 valence electrons. The van der Waals surface area contributed by atoms with Crippen LogP contribution < -0.4 is 26.0 Å². The average Bonchev–Trinajstić information content (AvgIpc) is 2.71. The number of halogens is 1. The van der Waals surface area contributed by atoms with E-state index in [1.54, 1.807) is 43.3 Å². The van der Waals surface area contributed by atoms with Crippen molar-refractivity contribution in [2.24, 2.45) is 0 Å². The van der Waals surface area contributed by atoms with Crippen molar-refractivity contribution < 1.29 is 14.3 Å². The molecule has 10 heteroatoms. The van der Waals surface area contributed by atoms with Gasteiger partial charge in [-0.25, -0.2) is 0 Å². The molecule has 0 spiro atoms. The summed E-state index contributed by atoms with van der Waals surface area (Å²) in [5.41, 5.74) is 3.12. The van der Waals surface area contributed by atoms with Gasteiger partial charge in [-0.15, -0.1) is 0 Å². The molecule has 2 rings (SSSR count). The second kappa shape index (κ2) is 11.6. The highest BCUT2D eigenvalue weighted by atomic mass is 35.5. The van der Waals surface area contributed by atoms with Gasteiger partial charge in [0, 0.05) is 22.8 Å². The Hall–Kier alpha value is -2.75. The molecule has 0 aliphatic heterocycles. The van der Waals surface area contributed by atoms with E-state index in [1.165, 1.54) is 0 Å². The van der Waals surface area contributed by atoms with Crippen molar-refractivity contribution in [1.29, 1.82) is 0 Å². The Morgan fingerprint density at radius 2 is 1.35 bits per heavy atom. The lowest BCUT2D eigenvalue weighted by molar-refractivity contribution is -0.121. The summed E-state index contributed by atoms with van der Waals surface area (Å²) < 4.78 is 5.52. The maximum atomic E-state index is 12.1. The minimum Gasteiger partial charge on any atom is -0.484 e. The van der Waals surface area contributed by atoms with E-state index >= 15 is 0 Å². The van der Waals surface area contributed by atoms with Crippen LogP contribution in [0.25, 0.3) is 0 Å². The fraction of sp³-hybridized carbons (Fsp3) is 0.238. The second-order valence-corrected chi connectivity index (χ2v) is 7.79. The van der Waals surface area contributed by atoms with Gasteiger partial charge in [0.05, 0.1) is 0 Å². The molecule has 0 aromatic heterocycles. The first-order chi connectivity index (χ1) is 14.7. The smallest absolute Gasteiger partial charge is 0.264 e. The van der Waals surface area contributed by atoms with Gasteiger partial charge in [0.1, 0.15) is 5.75 Å². The van der Waals surface area contributed by atoms with Crippen LogP contribution in [0.4, 0.5) is 11.4 Å². The molecule has 0 saturated carbocycles. The molecule has 0 bridgehead atoms. The van der Waals surface area contributed by atoms with Crippen molar-refractivity contribution >= 4 is 69.5 Å². The maximum absolute atomic E-state index is 12.1. The molecule has 0 aliphatic carbocycles. The van der Waals surface area contributed by atoms with Crippen molar-refractivity contribution in [3.8, 4) is 5.75 Å². The standard InChI is InChI=1S/C21H23ClN4O3S2/c1-4-17(27)25-20(30)23-14-5-7-15(8-6-14)24-21(31)26-18(28)11-29-16-9-12(2)19(22)13(3)10-16/h5-10H,4,11H2,1-3H3,(H2,23,25,27,30)(H2,24,26,28,31). The van der Waals surface area contributed by atoms with Crippen LogP contribution in [0.3, 0.4) is 0 Å². The zero-order valence-electron chi connectivity index (χ0n) is 17.3. The van der Waals surface area contributed by atoms with Crippen LogP contribution >= 0.6 is 36.0 Å². The fourth-order valence-electron chi connectivity index (χ4n) is 2.48. The number of nitrogens with one attached hydrogen (secondary N) is 4. The maximum Gasteiger partial charge on any atom is 0.264 e. The summed E-state index contributed by atoms with van der Waals surface area (Å²) >= 11 is 16.4. The fourth-order valence-corrected chi connectivity index (χ4v) is 3.05. The minimum absolute atomic E-state index is 0.142. The van der Waals surface area contributed by atoms with Crippen molar-refractivity contribution in [2.45, 2.75) is 27.2 Å². The Morgan fingerprint density at radius 3 is 1.81 bits per heavy atom. The van der Waals surface area contributed by atoms with Gasteiger partial charge < -0.3 is 20.7 Å². The third-order valence-electron chi connectivity index (χ3n) is 4.01. The van der Waals surface area contributed by atoms with Crippen LogP contribution in [0.5, 0.6) is 5.75 Å². The predicted molar refractivity (Wildman–Crippen MR) is 132 cm³/mol. The molecule has 0 atom stereocenters. The highest BCUT2D eigenvalue weighted by Crippen LogP contribution is 2.25. The molecule has 2 aromatic rings. The van der Waals surface area contributed by atoms with Gasteiger partial charge in [-0.3, -0.25) is 14.9 Å². The number of benzene rings is 2. The van der Waals surface area contributed by atoms with Crippen molar-refractivity contribution in [3.05, 3.63) is 52.5 Å². The van der Waals surface area contributed by atoms with Crippen LogP contribution in [0.1, 0.15) is 24.5 Å². The van der Waals surface area contributed by atoms with Gasteiger partial charge in [-0.05, 0) is 85.8 Å². The first-order valence-corrected chi connectivity index (χ1v) is 10.6. The first-order valence-electron chi connectivity index (χ1n) is 9.39. The molecule has 0 fully saturated rings. The predicted octanol–water partition coefficient (Wildman–Crippen LogP) is 4.07. The summed E-state index contributed by atoms with van der Waals surface area (Å²) in [7, 11) is 0. The quantitative estimate of drug-likeness (QED) is 0.465. The first kappa shape index (κ1) is 24.5. The van der Waals surface area contributed by atoms with E-state index in [1.807, 2.05) is 13.8 Å². The molecule has 31 heavy (non-hydrogen) atoms.